The van der Waals surface area contributed by atoms with Crippen molar-refractivity contribution in [2.24, 2.45) is 0 Å². The van der Waals surface area contributed by atoms with Crippen LogP contribution in [0.4, 0.5) is 23.2 Å². The van der Waals surface area contributed by atoms with E-state index in [0.717, 1.165) is 18.2 Å². The Kier molecular flexibility index (Phi) is 6.61. The third kappa shape index (κ3) is 5.45. The van der Waals surface area contributed by atoms with Crippen molar-refractivity contribution in [2.45, 2.75) is 25.6 Å². The maximum absolute atomic E-state index is 13.6. The lowest BCUT2D eigenvalue weighted by Gasteiger charge is -2.17. The van der Waals surface area contributed by atoms with Crippen LogP contribution < -0.4 is 10.1 Å². The van der Waals surface area contributed by atoms with E-state index in [-0.39, 0.29) is 12.2 Å². The van der Waals surface area contributed by atoms with E-state index >= 15 is 0 Å². The molecular formula is C19H17F4NO4. The Labute approximate surface area is 158 Å². The number of anilines is 1. The molecule has 0 aliphatic rings. The molecule has 0 saturated heterocycles. The van der Waals surface area contributed by atoms with E-state index in [1.54, 1.807) is 0 Å². The summed E-state index contributed by atoms with van der Waals surface area (Å²) in [6, 6.07) is 8.32. The van der Waals surface area contributed by atoms with E-state index < -0.39 is 41.2 Å². The number of amides is 1. The van der Waals surface area contributed by atoms with Crippen molar-refractivity contribution in [3.05, 3.63) is 59.4 Å². The molecule has 0 radical (unpaired) electrons. The number of methoxy groups -OCH3 is 1. The quantitative estimate of drug-likeness (QED) is 0.590. The molecule has 0 spiro atoms. The summed E-state index contributed by atoms with van der Waals surface area (Å²) < 4.78 is 62.2. The summed E-state index contributed by atoms with van der Waals surface area (Å²) in [4.78, 5) is 24.0. The Morgan fingerprint density at radius 1 is 1.14 bits per heavy atom. The van der Waals surface area contributed by atoms with Crippen molar-refractivity contribution < 1.29 is 36.6 Å². The maximum Gasteiger partial charge on any atom is 0.418 e. The zero-order valence-electron chi connectivity index (χ0n) is 15.0. The number of benzene rings is 2. The average molecular weight is 399 g/mol. The van der Waals surface area contributed by atoms with Crippen LogP contribution in [0, 0.1) is 5.82 Å². The minimum absolute atomic E-state index is 0.00759. The molecule has 0 bridgehead atoms. The maximum atomic E-state index is 13.6. The number of rotatable bonds is 6. The van der Waals surface area contributed by atoms with E-state index in [9.17, 15) is 27.2 Å². The monoisotopic (exact) mass is 399 g/mol. The number of halogens is 4. The number of alkyl halides is 3. The fourth-order valence-electron chi connectivity index (χ4n) is 2.35. The molecule has 9 heteroatoms. The van der Waals surface area contributed by atoms with Crippen molar-refractivity contribution >= 4 is 17.6 Å². The van der Waals surface area contributed by atoms with Crippen molar-refractivity contribution in [3.63, 3.8) is 0 Å². The lowest BCUT2D eigenvalue weighted by atomic mass is 10.1. The molecule has 28 heavy (non-hydrogen) atoms. The van der Waals surface area contributed by atoms with Gasteiger partial charge in [0.15, 0.2) is 17.7 Å². The van der Waals surface area contributed by atoms with Gasteiger partial charge in [-0.15, -0.1) is 0 Å². The van der Waals surface area contributed by atoms with Crippen molar-refractivity contribution in [2.75, 3.05) is 12.4 Å². The minimum atomic E-state index is -4.65. The van der Waals surface area contributed by atoms with Gasteiger partial charge in [-0.3, -0.25) is 9.59 Å². The average Bonchev–Trinajstić information content (AvgIpc) is 2.61. The number of carbonyl (C=O) groups is 2. The van der Waals surface area contributed by atoms with E-state index in [1.165, 1.54) is 38.3 Å². The van der Waals surface area contributed by atoms with Gasteiger partial charge in [-0.25, -0.2) is 4.39 Å². The Morgan fingerprint density at radius 3 is 2.43 bits per heavy atom. The number of ether oxygens (including phenoxy) is 2. The highest BCUT2D eigenvalue weighted by Gasteiger charge is 2.34. The van der Waals surface area contributed by atoms with Crippen LogP contribution in [0.1, 0.15) is 18.1 Å². The summed E-state index contributed by atoms with van der Waals surface area (Å²) in [7, 11) is 1.30. The van der Waals surface area contributed by atoms with Gasteiger partial charge >= 0.3 is 12.1 Å². The molecule has 0 saturated carbocycles. The van der Waals surface area contributed by atoms with Crippen LogP contribution in [0.3, 0.4) is 0 Å². The van der Waals surface area contributed by atoms with Gasteiger partial charge in [0.05, 0.1) is 24.8 Å². The van der Waals surface area contributed by atoms with Crippen LogP contribution in [-0.4, -0.2) is 25.1 Å². The van der Waals surface area contributed by atoms with E-state index in [1.807, 2.05) is 0 Å². The largest absolute Gasteiger partial charge is 0.494 e. The van der Waals surface area contributed by atoms with E-state index in [2.05, 4.69) is 5.32 Å². The summed E-state index contributed by atoms with van der Waals surface area (Å²) in [5, 5.41) is 2.10. The first-order chi connectivity index (χ1) is 13.1. The van der Waals surface area contributed by atoms with Gasteiger partial charge in [-0.1, -0.05) is 18.2 Å². The first-order valence-corrected chi connectivity index (χ1v) is 8.10. The second-order valence-corrected chi connectivity index (χ2v) is 5.81. The molecule has 150 valence electrons. The molecule has 0 aliphatic carbocycles. The Bertz CT molecular complexity index is 867. The highest BCUT2D eigenvalue weighted by molar-refractivity contribution is 5.95. The molecule has 5 nitrogen and oxygen atoms in total. The number of para-hydroxylation sites is 1. The van der Waals surface area contributed by atoms with Crippen molar-refractivity contribution in [1.29, 1.82) is 0 Å². The summed E-state index contributed by atoms with van der Waals surface area (Å²) in [6.45, 7) is 1.22. The van der Waals surface area contributed by atoms with Gasteiger partial charge in [0.2, 0.25) is 0 Å². The molecule has 2 rings (SSSR count). The normalized spacial score (nSPS) is 12.2. The molecular weight excluding hydrogens is 382 g/mol. The van der Waals surface area contributed by atoms with Gasteiger partial charge in [-0.2, -0.15) is 13.2 Å². The van der Waals surface area contributed by atoms with Crippen molar-refractivity contribution in [1.82, 2.24) is 0 Å². The second kappa shape index (κ2) is 8.73. The second-order valence-electron chi connectivity index (χ2n) is 5.81. The van der Waals surface area contributed by atoms with Crippen LogP contribution in [0.2, 0.25) is 0 Å². The predicted octanol–water partition coefficient (Wildman–Crippen LogP) is 3.97. The lowest BCUT2D eigenvalue weighted by molar-refractivity contribution is -0.152. The Morgan fingerprint density at radius 2 is 1.82 bits per heavy atom. The zero-order chi connectivity index (χ0) is 20.9. The molecule has 2 aromatic rings. The predicted molar refractivity (Wildman–Crippen MR) is 92.3 cm³/mol. The fraction of sp³-hybridized carbons (Fsp3) is 0.263. The number of carbonyl (C=O) groups excluding carboxylic acids is 2. The standard InChI is InChI=1S/C19H17F4NO4/c1-11(18(26)24-15-6-4-3-5-13(15)19(21,22)23)28-17(25)10-12-7-8-16(27-2)14(20)9-12/h3-9,11H,10H2,1-2H3,(H,24,26)/t11-/m0/s1. The molecule has 1 atom stereocenters. The molecule has 0 aliphatic heterocycles. The Hall–Kier alpha value is -3.10. The summed E-state index contributed by atoms with van der Waals surface area (Å²) >= 11 is 0. The van der Waals surface area contributed by atoms with Gasteiger partial charge in [0, 0.05) is 0 Å². The first kappa shape index (κ1) is 21.2. The van der Waals surface area contributed by atoms with E-state index in [4.69, 9.17) is 9.47 Å². The fourth-order valence-corrected chi connectivity index (χ4v) is 2.35. The molecule has 2 aromatic carbocycles. The molecule has 0 heterocycles. The summed E-state index contributed by atoms with van der Waals surface area (Å²) in [6.07, 6.45) is -6.32. The van der Waals surface area contributed by atoms with Crippen LogP contribution >= 0.6 is 0 Å². The first-order valence-electron chi connectivity index (χ1n) is 8.10. The highest BCUT2D eigenvalue weighted by Crippen LogP contribution is 2.34. The molecule has 1 N–H and O–H groups in total. The number of nitrogens with one attached hydrogen (secondary N) is 1. The Balaban J connectivity index is 1.99. The van der Waals surface area contributed by atoms with E-state index in [0.29, 0.717) is 5.56 Å². The molecule has 0 aromatic heterocycles. The molecule has 0 unspecified atom stereocenters. The third-order valence-corrected chi connectivity index (χ3v) is 3.73. The SMILES string of the molecule is COc1ccc(CC(=O)O[C@@H](C)C(=O)Nc2ccccc2C(F)(F)F)cc1F. The summed E-state index contributed by atoms with van der Waals surface area (Å²) in [5.41, 5.74) is -1.17. The van der Waals surface area contributed by atoms with Crippen LogP contribution in [0.15, 0.2) is 42.5 Å². The van der Waals surface area contributed by atoms with Gasteiger partial charge < -0.3 is 14.8 Å². The van der Waals surface area contributed by atoms with Crippen LogP contribution in [0.5, 0.6) is 5.75 Å². The topological polar surface area (TPSA) is 64.6 Å². The molecule has 0 fully saturated rings. The van der Waals surface area contributed by atoms with Crippen molar-refractivity contribution in [3.8, 4) is 5.75 Å². The smallest absolute Gasteiger partial charge is 0.418 e. The zero-order valence-corrected chi connectivity index (χ0v) is 15.0. The minimum Gasteiger partial charge on any atom is -0.494 e. The lowest BCUT2D eigenvalue weighted by Crippen LogP contribution is -2.31. The van der Waals surface area contributed by atoms with Crippen LogP contribution in [-0.2, 0) is 26.9 Å². The summed E-state index contributed by atoms with van der Waals surface area (Å²) in [5.74, 6) is -2.42. The van der Waals surface area contributed by atoms with Gasteiger partial charge in [-0.05, 0) is 36.8 Å². The number of hydrogen-bond donors (Lipinski definition) is 1. The number of esters is 1. The van der Waals surface area contributed by atoms with Gasteiger partial charge in [0.25, 0.3) is 5.91 Å². The highest BCUT2D eigenvalue weighted by atomic mass is 19.4. The molecule has 1 amide bonds. The van der Waals surface area contributed by atoms with Crippen LogP contribution in [0.25, 0.3) is 0 Å². The van der Waals surface area contributed by atoms with Gasteiger partial charge in [0.1, 0.15) is 0 Å². The number of hydrogen-bond acceptors (Lipinski definition) is 4. The third-order valence-electron chi connectivity index (χ3n) is 3.73.